The molecule has 0 aliphatic carbocycles. The van der Waals surface area contributed by atoms with Crippen LogP contribution in [-0.2, 0) is 6.54 Å². The van der Waals surface area contributed by atoms with Crippen molar-refractivity contribution in [3.05, 3.63) is 21.9 Å². The first-order valence-corrected chi connectivity index (χ1v) is 6.65. The number of rotatable bonds is 3. The second kappa shape index (κ2) is 6.18. The van der Waals surface area contributed by atoms with Gasteiger partial charge < -0.3 is 10.2 Å². The molecule has 1 aliphatic rings. The van der Waals surface area contributed by atoms with Crippen molar-refractivity contribution in [2.75, 3.05) is 26.3 Å². The van der Waals surface area contributed by atoms with Gasteiger partial charge >= 0.3 is 0 Å². The van der Waals surface area contributed by atoms with E-state index in [0.717, 1.165) is 30.9 Å². The number of nitrogens with zero attached hydrogens (tertiary/aromatic N) is 1. The van der Waals surface area contributed by atoms with Gasteiger partial charge in [-0.25, -0.2) is 0 Å². The van der Waals surface area contributed by atoms with E-state index >= 15 is 0 Å². The van der Waals surface area contributed by atoms with Crippen molar-refractivity contribution < 1.29 is 10.2 Å². The van der Waals surface area contributed by atoms with E-state index in [1.807, 2.05) is 6.07 Å². The van der Waals surface area contributed by atoms with E-state index in [-0.39, 0.29) is 6.61 Å². The lowest BCUT2D eigenvalue weighted by atomic mass is 10.1. The molecule has 2 heterocycles. The number of aliphatic hydroxyl groups excluding tert-OH is 2. The van der Waals surface area contributed by atoms with Crippen LogP contribution in [-0.4, -0.2) is 41.4 Å². The predicted molar refractivity (Wildman–Crippen MR) is 68.8 cm³/mol. The molecule has 0 saturated carbocycles. The zero-order valence-corrected chi connectivity index (χ0v) is 10.5. The summed E-state index contributed by atoms with van der Waals surface area (Å²) in [5.41, 5.74) is 0. The van der Waals surface area contributed by atoms with E-state index in [0.29, 0.717) is 12.5 Å². The third-order valence-corrected chi connectivity index (χ3v) is 3.95. The molecule has 1 fully saturated rings. The summed E-state index contributed by atoms with van der Waals surface area (Å²) in [6, 6.07) is 4.10. The van der Waals surface area contributed by atoms with Gasteiger partial charge in [-0.1, -0.05) is 11.8 Å². The van der Waals surface area contributed by atoms with Crippen LogP contribution in [0.2, 0.25) is 0 Å². The number of thiophene rings is 1. The van der Waals surface area contributed by atoms with E-state index in [4.69, 9.17) is 10.2 Å². The molecule has 0 bridgehead atoms. The second-order valence-corrected chi connectivity index (χ2v) is 5.47. The Bertz CT molecular complexity index is 419. The summed E-state index contributed by atoms with van der Waals surface area (Å²) >= 11 is 1.68. The molecule has 0 radical (unpaired) electrons. The van der Waals surface area contributed by atoms with Crippen LogP contribution in [0.3, 0.4) is 0 Å². The van der Waals surface area contributed by atoms with Gasteiger partial charge in [0, 0.05) is 24.6 Å². The lowest BCUT2D eigenvalue weighted by Crippen LogP contribution is -2.20. The Morgan fingerprint density at radius 1 is 1.41 bits per heavy atom. The van der Waals surface area contributed by atoms with Crippen LogP contribution >= 0.6 is 11.3 Å². The highest BCUT2D eigenvalue weighted by Gasteiger charge is 2.21. The maximum absolute atomic E-state index is 9.09. The Labute approximate surface area is 106 Å². The number of likely N-dealkylation sites (tertiary alicyclic amines) is 1. The van der Waals surface area contributed by atoms with Crippen LogP contribution in [0.25, 0.3) is 0 Å². The van der Waals surface area contributed by atoms with Crippen LogP contribution in [0.5, 0.6) is 0 Å². The molecule has 3 nitrogen and oxygen atoms in total. The van der Waals surface area contributed by atoms with Crippen LogP contribution < -0.4 is 0 Å². The number of hydrogen-bond acceptors (Lipinski definition) is 4. The van der Waals surface area contributed by atoms with Gasteiger partial charge in [0.2, 0.25) is 0 Å². The minimum Gasteiger partial charge on any atom is -0.396 e. The Balaban J connectivity index is 1.89. The van der Waals surface area contributed by atoms with Gasteiger partial charge in [-0.2, -0.15) is 0 Å². The smallest absolute Gasteiger partial charge is 0.104 e. The molecule has 92 valence electrons. The molecular weight excluding hydrogens is 234 g/mol. The molecule has 2 rings (SSSR count). The molecule has 0 amide bonds. The van der Waals surface area contributed by atoms with Crippen molar-refractivity contribution in [2.45, 2.75) is 13.0 Å². The largest absolute Gasteiger partial charge is 0.396 e. The monoisotopic (exact) mass is 251 g/mol. The maximum Gasteiger partial charge on any atom is 0.104 e. The zero-order valence-electron chi connectivity index (χ0n) is 9.72. The van der Waals surface area contributed by atoms with Gasteiger partial charge in [0.25, 0.3) is 0 Å². The Morgan fingerprint density at radius 3 is 3.00 bits per heavy atom. The van der Waals surface area contributed by atoms with Crippen molar-refractivity contribution in [3.8, 4) is 11.8 Å². The van der Waals surface area contributed by atoms with Crippen LogP contribution in [0.15, 0.2) is 12.1 Å². The molecule has 4 heteroatoms. The summed E-state index contributed by atoms with van der Waals surface area (Å²) in [5, 5.41) is 17.7. The summed E-state index contributed by atoms with van der Waals surface area (Å²) in [6.07, 6.45) is 1.10. The minimum atomic E-state index is -0.0858. The third kappa shape index (κ3) is 3.55. The fourth-order valence-corrected chi connectivity index (χ4v) is 3.01. The van der Waals surface area contributed by atoms with Gasteiger partial charge in [-0.05, 0) is 31.0 Å². The fourth-order valence-electron chi connectivity index (χ4n) is 2.08. The standard InChI is InChI=1S/C13H17NO2S/c15-7-1-2-12-3-4-13(17-12)9-14-6-5-11(8-14)10-16/h3-4,11,15-16H,5-10H2. The lowest BCUT2D eigenvalue weighted by molar-refractivity contribution is 0.220. The Kier molecular flexibility index (Phi) is 4.57. The number of hydrogen-bond donors (Lipinski definition) is 2. The predicted octanol–water partition coefficient (Wildman–Crippen LogP) is 0.906. The first-order valence-electron chi connectivity index (χ1n) is 5.83. The SMILES string of the molecule is OCC#Cc1ccc(CN2CCC(CO)C2)s1. The van der Waals surface area contributed by atoms with Gasteiger partial charge in [-0.3, -0.25) is 4.90 Å². The molecule has 1 aromatic rings. The van der Waals surface area contributed by atoms with E-state index in [2.05, 4.69) is 22.8 Å². The first kappa shape index (κ1) is 12.6. The minimum absolute atomic E-state index is 0.0858. The summed E-state index contributed by atoms with van der Waals surface area (Å²) in [5.74, 6) is 6.02. The van der Waals surface area contributed by atoms with Crippen LogP contribution in [0.1, 0.15) is 16.2 Å². The molecular formula is C13H17NO2S. The lowest BCUT2D eigenvalue weighted by Gasteiger charge is -2.13. The van der Waals surface area contributed by atoms with Gasteiger partial charge in [0.15, 0.2) is 0 Å². The van der Waals surface area contributed by atoms with E-state index in [1.165, 1.54) is 4.88 Å². The molecule has 1 saturated heterocycles. The molecule has 0 aromatic carbocycles. The van der Waals surface area contributed by atoms with Crippen molar-refractivity contribution >= 4 is 11.3 Å². The third-order valence-electron chi connectivity index (χ3n) is 2.96. The normalized spacial score (nSPS) is 20.2. The molecule has 1 atom stereocenters. The topological polar surface area (TPSA) is 43.7 Å². The molecule has 2 N–H and O–H groups in total. The van der Waals surface area contributed by atoms with Crippen molar-refractivity contribution in [1.82, 2.24) is 4.90 Å². The average Bonchev–Trinajstić information content (AvgIpc) is 2.96. The Hall–Kier alpha value is -0.860. The highest BCUT2D eigenvalue weighted by atomic mass is 32.1. The highest BCUT2D eigenvalue weighted by molar-refractivity contribution is 7.12. The summed E-state index contributed by atoms with van der Waals surface area (Å²) < 4.78 is 0. The molecule has 17 heavy (non-hydrogen) atoms. The maximum atomic E-state index is 9.09. The fraction of sp³-hybridized carbons (Fsp3) is 0.538. The van der Waals surface area contributed by atoms with Gasteiger partial charge in [0.05, 0.1) is 4.88 Å². The van der Waals surface area contributed by atoms with Gasteiger partial charge in [-0.15, -0.1) is 11.3 Å². The van der Waals surface area contributed by atoms with E-state index < -0.39 is 0 Å². The molecule has 1 aliphatic heterocycles. The molecule has 1 aromatic heterocycles. The zero-order chi connectivity index (χ0) is 12.1. The quantitative estimate of drug-likeness (QED) is 0.785. The van der Waals surface area contributed by atoms with Crippen LogP contribution in [0, 0.1) is 17.8 Å². The van der Waals surface area contributed by atoms with E-state index in [1.54, 1.807) is 11.3 Å². The second-order valence-electron chi connectivity index (χ2n) is 4.30. The highest BCUT2D eigenvalue weighted by Crippen LogP contribution is 2.22. The molecule has 0 spiro atoms. The molecule has 1 unspecified atom stereocenters. The van der Waals surface area contributed by atoms with Gasteiger partial charge in [0.1, 0.15) is 6.61 Å². The average molecular weight is 251 g/mol. The Morgan fingerprint density at radius 2 is 2.29 bits per heavy atom. The van der Waals surface area contributed by atoms with Crippen molar-refractivity contribution in [1.29, 1.82) is 0 Å². The van der Waals surface area contributed by atoms with Crippen molar-refractivity contribution in [3.63, 3.8) is 0 Å². The summed E-state index contributed by atoms with van der Waals surface area (Å²) in [4.78, 5) is 4.67. The van der Waals surface area contributed by atoms with Crippen molar-refractivity contribution in [2.24, 2.45) is 5.92 Å². The summed E-state index contributed by atoms with van der Waals surface area (Å²) in [6.45, 7) is 3.22. The summed E-state index contributed by atoms with van der Waals surface area (Å²) in [7, 11) is 0. The number of aliphatic hydroxyl groups is 2. The van der Waals surface area contributed by atoms with Crippen LogP contribution in [0.4, 0.5) is 0 Å². The first-order chi connectivity index (χ1) is 8.31. The van der Waals surface area contributed by atoms with E-state index in [9.17, 15) is 0 Å².